The van der Waals surface area contributed by atoms with Crippen molar-refractivity contribution in [2.45, 2.75) is 57.7 Å². The Bertz CT molecular complexity index is 743. The first kappa shape index (κ1) is 15.0. The van der Waals surface area contributed by atoms with Crippen LogP contribution in [0.15, 0.2) is 11.7 Å². The smallest absolute Gasteiger partial charge is 0.225 e. The lowest BCUT2D eigenvalue weighted by atomic mass is 9.87. The molecule has 3 atom stereocenters. The molecule has 2 aliphatic heterocycles. The standard InChI is InChI=1S/C17H21N3O2S/c1-9(2)12-7-23-17-15(12)16(18-8-19-17)20-14(21)6-10-5-11-3-4-13(10)22-11/h7-11,13H,3-6H2,1-2H3,(H,18,19,20,21). The molecule has 0 radical (unpaired) electrons. The van der Waals surface area contributed by atoms with Gasteiger partial charge in [-0.25, -0.2) is 9.97 Å². The van der Waals surface area contributed by atoms with Gasteiger partial charge in [0.2, 0.25) is 5.91 Å². The van der Waals surface area contributed by atoms with Gasteiger partial charge in [-0.2, -0.15) is 0 Å². The number of aromatic nitrogens is 2. The van der Waals surface area contributed by atoms with Crippen molar-refractivity contribution in [1.82, 2.24) is 9.97 Å². The van der Waals surface area contributed by atoms with Gasteiger partial charge in [0.1, 0.15) is 17.0 Å². The van der Waals surface area contributed by atoms with Gasteiger partial charge in [-0.3, -0.25) is 4.79 Å². The third-order valence-corrected chi connectivity index (χ3v) is 5.86. The van der Waals surface area contributed by atoms with Crippen LogP contribution in [0, 0.1) is 5.92 Å². The van der Waals surface area contributed by atoms with E-state index in [0.29, 0.717) is 30.2 Å². The van der Waals surface area contributed by atoms with Crippen LogP contribution < -0.4 is 5.32 Å². The van der Waals surface area contributed by atoms with Gasteiger partial charge in [0.25, 0.3) is 0 Å². The van der Waals surface area contributed by atoms with Crippen molar-refractivity contribution in [3.05, 3.63) is 17.3 Å². The summed E-state index contributed by atoms with van der Waals surface area (Å²) in [4.78, 5) is 22.0. The minimum Gasteiger partial charge on any atom is -0.375 e. The maximum atomic E-state index is 12.5. The highest BCUT2D eigenvalue weighted by Gasteiger charge is 2.41. The molecule has 4 rings (SSSR count). The van der Waals surface area contributed by atoms with Crippen molar-refractivity contribution in [3.8, 4) is 0 Å². The molecule has 2 fully saturated rings. The predicted octanol–water partition coefficient (Wildman–Crippen LogP) is 3.71. The van der Waals surface area contributed by atoms with E-state index in [2.05, 4.69) is 34.5 Å². The van der Waals surface area contributed by atoms with Crippen LogP contribution in [-0.2, 0) is 9.53 Å². The fraction of sp³-hybridized carbons (Fsp3) is 0.588. The van der Waals surface area contributed by atoms with Crippen LogP contribution in [0.4, 0.5) is 5.82 Å². The first-order chi connectivity index (χ1) is 11.1. The van der Waals surface area contributed by atoms with E-state index in [4.69, 9.17) is 4.74 Å². The van der Waals surface area contributed by atoms with E-state index in [1.807, 2.05) is 0 Å². The Morgan fingerprint density at radius 2 is 2.30 bits per heavy atom. The summed E-state index contributed by atoms with van der Waals surface area (Å²) in [5.41, 5.74) is 1.20. The molecule has 2 aliphatic rings. The van der Waals surface area contributed by atoms with Crippen molar-refractivity contribution in [1.29, 1.82) is 0 Å². The number of hydrogen-bond donors (Lipinski definition) is 1. The minimum atomic E-state index is 0.0343. The largest absolute Gasteiger partial charge is 0.375 e. The lowest BCUT2D eigenvalue weighted by Gasteiger charge is -2.18. The molecule has 2 saturated heterocycles. The highest BCUT2D eigenvalue weighted by molar-refractivity contribution is 7.17. The number of carbonyl (C=O) groups is 1. The van der Waals surface area contributed by atoms with Gasteiger partial charge in [-0.15, -0.1) is 11.3 Å². The second-order valence-electron chi connectivity index (χ2n) is 6.87. The molecule has 6 heteroatoms. The molecule has 5 nitrogen and oxygen atoms in total. The number of ether oxygens (including phenoxy) is 1. The molecule has 2 bridgehead atoms. The SMILES string of the molecule is CC(C)c1csc2ncnc(NC(=O)CC3CC4CCC3O4)c12. The summed E-state index contributed by atoms with van der Waals surface area (Å²) in [5.74, 6) is 1.42. The van der Waals surface area contributed by atoms with E-state index < -0.39 is 0 Å². The van der Waals surface area contributed by atoms with Crippen molar-refractivity contribution in [3.63, 3.8) is 0 Å². The summed E-state index contributed by atoms with van der Waals surface area (Å²) in [6, 6.07) is 0. The maximum absolute atomic E-state index is 12.5. The van der Waals surface area contributed by atoms with E-state index in [1.165, 1.54) is 11.9 Å². The Morgan fingerprint density at radius 1 is 1.43 bits per heavy atom. The molecule has 1 amide bonds. The van der Waals surface area contributed by atoms with Gasteiger partial charge in [0.05, 0.1) is 17.6 Å². The monoisotopic (exact) mass is 331 g/mol. The lowest BCUT2D eigenvalue weighted by Crippen LogP contribution is -2.23. The summed E-state index contributed by atoms with van der Waals surface area (Å²) in [5, 5.41) is 6.12. The van der Waals surface area contributed by atoms with Crippen LogP contribution in [0.5, 0.6) is 0 Å². The number of nitrogens with zero attached hydrogens (tertiary/aromatic N) is 2. The van der Waals surface area contributed by atoms with Crippen LogP contribution in [0.2, 0.25) is 0 Å². The number of hydrogen-bond acceptors (Lipinski definition) is 5. The molecular formula is C17H21N3O2S. The van der Waals surface area contributed by atoms with Crippen molar-refractivity contribution >= 4 is 33.3 Å². The fourth-order valence-electron chi connectivity index (χ4n) is 3.80. The molecule has 122 valence electrons. The van der Waals surface area contributed by atoms with Crippen LogP contribution in [0.1, 0.15) is 51.0 Å². The van der Waals surface area contributed by atoms with Gasteiger partial charge in [-0.05, 0) is 42.0 Å². The fourth-order valence-corrected chi connectivity index (χ4v) is 4.86. The number of thiophene rings is 1. The number of carbonyl (C=O) groups excluding carboxylic acids is 1. The summed E-state index contributed by atoms with van der Waals surface area (Å²) < 4.78 is 5.84. The van der Waals surface area contributed by atoms with Gasteiger partial charge < -0.3 is 10.1 Å². The molecule has 2 aromatic heterocycles. The molecule has 1 N–H and O–H groups in total. The van der Waals surface area contributed by atoms with Gasteiger partial charge >= 0.3 is 0 Å². The van der Waals surface area contributed by atoms with E-state index in [9.17, 15) is 4.79 Å². The average molecular weight is 331 g/mol. The number of nitrogens with one attached hydrogen (secondary N) is 1. The Balaban J connectivity index is 1.53. The van der Waals surface area contributed by atoms with Crippen LogP contribution >= 0.6 is 11.3 Å². The van der Waals surface area contributed by atoms with Crippen molar-refractivity contribution in [2.24, 2.45) is 5.92 Å². The molecule has 4 heterocycles. The second kappa shape index (κ2) is 5.83. The van der Waals surface area contributed by atoms with Gasteiger partial charge in [-0.1, -0.05) is 13.8 Å². The third-order valence-electron chi connectivity index (χ3n) is 4.96. The van der Waals surface area contributed by atoms with Crippen LogP contribution in [-0.4, -0.2) is 28.1 Å². The third kappa shape index (κ3) is 2.74. The van der Waals surface area contributed by atoms with Crippen molar-refractivity contribution in [2.75, 3.05) is 5.32 Å². The maximum Gasteiger partial charge on any atom is 0.225 e. The van der Waals surface area contributed by atoms with Gasteiger partial charge in [0, 0.05) is 6.42 Å². The number of amides is 1. The van der Waals surface area contributed by atoms with Crippen molar-refractivity contribution < 1.29 is 9.53 Å². The van der Waals surface area contributed by atoms with E-state index in [0.717, 1.165) is 29.5 Å². The predicted molar refractivity (Wildman–Crippen MR) is 90.8 cm³/mol. The topological polar surface area (TPSA) is 64.1 Å². The number of fused-ring (bicyclic) bond motifs is 3. The minimum absolute atomic E-state index is 0.0343. The summed E-state index contributed by atoms with van der Waals surface area (Å²) in [6.45, 7) is 4.29. The van der Waals surface area contributed by atoms with E-state index >= 15 is 0 Å². The highest BCUT2D eigenvalue weighted by Crippen LogP contribution is 2.40. The first-order valence-corrected chi connectivity index (χ1v) is 9.17. The molecule has 23 heavy (non-hydrogen) atoms. The molecule has 0 aliphatic carbocycles. The molecule has 2 aromatic rings. The number of anilines is 1. The molecule has 0 spiro atoms. The zero-order valence-corrected chi connectivity index (χ0v) is 14.2. The zero-order chi connectivity index (χ0) is 16.0. The molecular weight excluding hydrogens is 310 g/mol. The Kier molecular flexibility index (Phi) is 3.81. The zero-order valence-electron chi connectivity index (χ0n) is 13.4. The molecule has 0 saturated carbocycles. The Hall–Kier alpha value is -1.53. The quantitative estimate of drug-likeness (QED) is 0.927. The average Bonchev–Trinajstić information content (AvgIpc) is 3.21. The Labute approximate surface area is 139 Å². The first-order valence-electron chi connectivity index (χ1n) is 8.29. The molecule has 3 unspecified atom stereocenters. The van der Waals surface area contributed by atoms with Crippen LogP contribution in [0.3, 0.4) is 0 Å². The normalized spacial score (nSPS) is 26.3. The van der Waals surface area contributed by atoms with E-state index in [1.54, 1.807) is 11.3 Å². The highest BCUT2D eigenvalue weighted by atomic mass is 32.1. The Morgan fingerprint density at radius 3 is 3.00 bits per heavy atom. The van der Waals surface area contributed by atoms with E-state index in [-0.39, 0.29) is 12.0 Å². The summed E-state index contributed by atoms with van der Waals surface area (Å²) >= 11 is 1.60. The number of rotatable bonds is 4. The summed E-state index contributed by atoms with van der Waals surface area (Å²) in [7, 11) is 0. The summed E-state index contributed by atoms with van der Waals surface area (Å²) in [6.07, 6.45) is 5.99. The second-order valence-corrected chi connectivity index (χ2v) is 7.73. The lowest BCUT2D eigenvalue weighted by molar-refractivity contribution is -0.117. The van der Waals surface area contributed by atoms with Gasteiger partial charge in [0.15, 0.2) is 0 Å². The van der Waals surface area contributed by atoms with Crippen LogP contribution in [0.25, 0.3) is 10.2 Å². The molecule has 0 aromatic carbocycles.